The molecule has 0 fully saturated rings. The van der Waals surface area contributed by atoms with E-state index >= 15 is 0 Å². The second-order valence-electron chi connectivity index (χ2n) is 4.55. The lowest BCUT2D eigenvalue weighted by Gasteiger charge is -2.06. The highest BCUT2D eigenvalue weighted by Crippen LogP contribution is 2.10. The lowest BCUT2D eigenvalue weighted by Crippen LogP contribution is -2.19. The van der Waals surface area contributed by atoms with E-state index in [4.69, 9.17) is 4.74 Å². The number of unbranched alkanes of at least 4 members (excludes halogenated alkanes) is 3. The molecular weight excluding hydrogens is 288 g/mol. The lowest BCUT2D eigenvalue weighted by molar-refractivity contribution is -0.140. The molecule has 0 heterocycles. The van der Waals surface area contributed by atoms with Gasteiger partial charge in [0.05, 0.1) is 11.5 Å². The maximum atomic E-state index is 11.9. The van der Waals surface area contributed by atoms with E-state index in [1.807, 2.05) is 6.08 Å². The van der Waals surface area contributed by atoms with Crippen LogP contribution >= 0.6 is 0 Å². The molecule has 0 aliphatic heterocycles. The Hall–Kier alpha value is -1.84. The van der Waals surface area contributed by atoms with Gasteiger partial charge in [0, 0.05) is 0 Å². The van der Waals surface area contributed by atoms with Crippen molar-refractivity contribution < 1.29 is 17.9 Å². The number of rotatable bonds is 9. The van der Waals surface area contributed by atoms with Gasteiger partial charge in [0.1, 0.15) is 0 Å². The number of sulfone groups is 1. The van der Waals surface area contributed by atoms with E-state index in [1.165, 1.54) is 12.1 Å². The van der Waals surface area contributed by atoms with Crippen molar-refractivity contribution in [1.82, 2.24) is 0 Å². The highest BCUT2D eigenvalue weighted by atomic mass is 32.2. The third-order valence-electron chi connectivity index (χ3n) is 2.81. The van der Waals surface area contributed by atoms with Crippen LogP contribution in [0.1, 0.15) is 25.7 Å². The predicted molar refractivity (Wildman–Crippen MR) is 81.6 cm³/mol. The minimum absolute atomic E-state index is 0.137. The smallest absolute Gasteiger partial charge is 0.321 e. The molecule has 0 radical (unpaired) electrons. The summed E-state index contributed by atoms with van der Waals surface area (Å²) in [5.74, 6) is -1.32. The maximum absolute atomic E-state index is 11.9. The van der Waals surface area contributed by atoms with Gasteiger partial charge in [-0.25, -0.2) is 8.42 Å². The summed E-state index contributed by atoms with van der Waals surface area (Å²) in [5.41, 5.74) is 2.69. The Labute approximate surface area is 126 Å². The highest BCUT2D eigenvalue weighted by Gasteiger charge is 2.19. The van der Waals surface area contributed by atoms with Crippen molar-refractivity contribution in [1.29, 1.82) is 0 Å². The molecule has 0 saturated carbocycles. The molecule has 0 amide bonds. The Morgan fingerprint density at radius 2 is 1.90 bits per heavy atom. The number of carbonyl (C=O) groups excluding carboxylic acids is 1. The van der Waals surface area contributed by atoms with Gasteiger partial charge in [-0.2, -0.15) is 0 Å². The van der Waals surface area contributed by atoms with E-state index in [2.05, 4.69) is 12.3 Å². The minimum Gasteiger partial charge on any atom is -0.465 e. The Balaban J connectivity index is 2.29. The quantitative estimate of drug-likeness (QED) is 0.400. The van der Waals surface area contributed by atoms with Crippen molar-refractivity contribution in [2.75, 3.05) is 12.4 Å². The van der Waals surface area contributed by atoms with Gasteiger partial charge < -0.3 is 4.74 Å². The van der Waals surface area contributed by atoms with Gasteiger partial charge in [0.15, 0.2) is 15.6 Å². The number of allylic oxidation sites excluding steroid dienone is 1. The zero-order valence-corrected chi connectivity index (χ0v) is 12.8. The minimum atomic E-state index is -3.61. The van der Waals surface area contributed by atoms with Crippen LogP contribution in [0.15, 0.2) is 53.6 Å². The van der Waals surface area contributed by atoms with E-state index in [9.17, 15) is 13.2 Å². The van der Waals surface area contributed by atoms with E-state index in [0.29, 0.717) is 0 Å². The fourth-order valence-electron chi connectivity index (χ4n) is 1.72. The van der Waals surface area contributed by atoms with Gasteiger partial charge in [0.2, 0.25) is 0 Å². The van der Waals surface area contributed by atoms with Gasteiger partial charge in [0.25, 0.3) is 0 Å². The Bertz CT molecular complexity index is 584. The summed E-state index contributed by atoms with van der Waals surface area (Å²) < 4.78 is 28.8. The molecule has 0 atom stereocenters. The van der Waals surface area contributed by atoms with Gasteiger partial charge in [-0.1, -0.05) is 24.8 Å². The first kappa shape index (κ1) is 17.2. The van der Waals surface area contributed by atoms with Gasteiger partial charge in [-0.15, -0.1) is 5.73 Å². The summed E-state index contributed by atoms with van der Waals surface area (Å²) in [6.45, 7) is 3.72. The van der Waals surface area contributed by atoms with E-state index in [1.54, 1.807) is 18.2 Å². The van der Waals surface area contributed by atoms with Crippen LogP contribution in [0.5, 0.6) is 0 Å². The number of ether oxygens (including phenoxy) is 1. The van der Waals surface area contributed by atoms with Crippen LogP contribution in [0.2, 0.25) is 0 Å². The second kappa shape index (κ2) is 9.16. The summed E-state index contributed by atoms with van der Waals surface area (Å²) in [5, 5.41) is 0. The average molecular weight is 308 g/mol. The molecule has 114 valence electrons. The largest absolute Gasteiger partial charge is 0.465 e. The number of esters is 1. The highest BCUT2D eigenvalue weighted by molar-refractivity contribution is 7.92. The number of carbonyl (C=O) groups is 1. The van der Waals surface area contributed by atoms with Crippen molar-refractivity contribution in [3.8, 4) is 0 Å². The molecule has 21 heavy (non-hydrogen) atoms. The molecule has 1 rings (SSSR count). The number of hydrogen-bond donors (Lipinski definition) is 0. The predicted octanol–water partition coefficient (Wildman–Crippen LogP) is 2.91. The van der Waals surface area contributed by atoms with Crippen molar-refractivity contribution >= 4 is 15.8 Å². The van der Waals surface area contributed by atoms with Crippen LogP contribution in [0, 0.1) is 0 Å². The second-order valence-corrected chi connectivity index (χ2v) is 6.54. The fourth-order valence-corrected chi connectivity index (χ4v) is 2.85. The molecule has 4 nitrogen and oxygen atoms in total. The van der Waals surface area contributed by atoms with Crippen LogP contribution in [0.25, 0.3) is 0 Å². The third kappa shape index (κ3) is 6.93. The molecule has 0 aliphatic carbocycles. The molecule has 0 unspecified atom stereocenters. The van der Waals surface area contributed by atoms with Gasteiger partial charge >= 0.3 is 5.97 Å². The van der Waals surface area contributed by atoms with Crippen molar-refractivity contribution in [3.05, 3.63) is 48.7 Å². The average Bonchev–Trinajstić information content (AvgIpc) is 2.47. The number of hydrogen-bond acceptors (Lipinski definition) is 4. The Morgan fingerprint density at radius 1 is 1.19 bits per heavy atom. The first-order valence-corrected chi connectivity index (χ1v) is 8.49. The van der Waals surface area contributed by atoms with Crippen LogP contribution in [-0.2, 0) is 19.4 Å². The first-order chi connectivity index (χ1) is 10.1. The summed E-state index contributed by atoms with van der Waals surface area (Å²) in [6, 6.07) is 7.90. The van der Waals surface area contributed by atoms with Crippen LogP contribution < -0.4 is 0 Å². The van der Waals surface area contributed by atoms with Crippen LogP contribution in [-0.4, -0.2) is 26.7 Å². The van der Waals surface area contributed by atoms with Gasteiger partial charge in [-0.3, -0.25) is 4.79 Å². The van der Waals surface area contributed by atoms with Crippen LogP contribution in [0.4, 0.5) is 0 Å². The normalized spacial score (nSPS) is 10.7. The zero-order valence-electron chi connectivity index (χ0n) is 12.0. The van der Waals surface area contributed by atoms with Crippen molar-refractivity contribution in [3.63, 3.8) is 0 Å². The lowest BCUT2D eigenvalue weighted by atomic mass is 10.2. The molecule has 0 aromatic heterocycles. The molecule has 0 saturated heterocycles. The molecule has 1 aromatic rings. The van der Waals surface area contributed by atoms with Crippen LogP contribution in [0.3, 0.4) is 0 Å². The monoisotopic (exact) mass is 308 g/mol. The third-order valence-corrected chi connectivity index (χ3v) is 4.42. The Kier molecular flexibility index (Phi) is 7.51. The van der Waals surface area contributed by atoms with Crippen molar-refractivity contribution in [2.45, 2.75) is 30.6 Å². The molecule has 1 aromatic carbocycles. The van der Waals surface area contributed by atoms with E-state index < -0.39 is 21.6 Å². The standard InChI is InChI=1S/C16H20O4S/c1-2-3-4-5-6-10-13-20-16(17)14-21(18,19)15-11-8-7-9-12-15/h3,7-9,11-12H,1,4-6,10,13-14H2. The summed E-state index contributed by atoms with van der Waals surface area (Å²) in [7, 11) is -3.61. The molecule has 0 spiro atoms. The molecule has 0 bridgehead atoms. The van der Waals surface area contributed by atoms with Gasteiger partial charge in [-0.05, 0) is 43.9 Å². The van der Waals surface area contributed by atoms with E-state index in [0.717, 1.165) is 25.7 Å². The molecule has 0 aliphatic rings. The van der Waals surface area contributed by atoms with Crippen molar-refractivity contribution in [2.24, 2.45) is 0 Å². The Morgan fingerprint density at radius 3 is 2.57 bits per heavy atom. The molecular formula is C16H20O4S. The SMILES string of the molecule is C=C=CCCCCCOC(=O)CS(=O)(=O)c1ccccc1. The topological polar surface area (TPSA) is 60.4 Å². The summed E-state index contributed by atoms with van der Waals surface area (Å²) >= 11 is 0. The summed E-state index contributed by atoms with van der Waals surface area (Å²) in [6.07, 6.45) is 5.37. The fraction of sp³-hybridized carbons (Fsp3) is 0.375. The summed E-state index contributed by atoms with van der Waals surface area (Å²) in [4.78, 5) is 11.7. The van der Waals surface area contributed by atoms with E-state index in [-0.39, 0.29) is 11.5 Å². The zero-order chi connectivity index (χ0) is 15.6. The number of benzene rings is 1. The first-order valence-electron chi connectivity index (χ1n) is 6.84. The molecule has 5 heteroatoms. The molecule has 0 N–H and O–H groups in total. The maximum Gasteiger partial charge on any atom is 0.321 e.